The highest BCUT2D eigenvalue weighted by Crippen LogP contribution is 2.22. The molecule has 0 bridgehead atoms. The fourth-order valence-corrected chi connectivity index (χ4v) is 2.16. The summed E-state index contributed by atoms with van der Waals surface area (Å²) in [5, 5.41) is 3.35. The van der Waals surface area contributed by atoms with Crippen molar-refractivity contribution in [3.05, 3.63) is 23.8 Å². The molecule has 0 fully saturated rings. The number of fused-ring (bicyclic) bond motifs is 3. The summed E-state index contributed by atoms with van der Waals surface area (Å²) >= 11 is 0. The van der Waals surface area contributed by atoms with Crippen molar-refractivity contribution in [3.63, 3.8) is 0 Å². The third kappa shape index (κ3) is 2.13. The molecule has 0 aliphatic heterocycles. The maximum absolute atomic E-state index is 5.78. The van der Waals surface area contributed by atoms with Gasteiger partial charge < -0.3 is 11.1 Å². The van der Waals surface area contributed by atoms with Gasteiger partial charge in [-0.3, -0.25) is 0 Å². The molecule has 104 valence electrons. The smallest absolute Gasteiger partial charge is 0.241 e. The van der Waals surface area contributed by atoms with Crippen LogP contribution in [0.3, 0.4) is 0 Å². The molecule has 0 spiro atoms. The number of nitrogen functional groups attached to an aromatic ring is 1. The summed E-state index contributed by atoms with van der Waals surface area (Å²) in [7, 11) is 0. The van der Waals surface area contributed by atoms with E-state index in [0.717, 1.165) is 16.6 Å². The first kappa shape index (κ1) is 12.7. The van der Waals surface area contributed by atoms with Gasteiger partial charge in [0.1, 0.15) is 0 Å². The molecule has 0 aliphatic rings. The van der Waals surface area contributed by atoms with E-state index in [-0.39, 0.29) is 11.5 Å². The van der Waals surface area contributed by atoms with Crippen molar-refractivity contribution in [1.82, 2.24) is 19.4 Å². The van der Waals surface area contributed by atoms with Gasteiger partial charge in [-0.2, -0.15) is 9.97 Å². The maximum atomic E-state index is 5.78. The average Bonchev–Trinajstić information content (AvgIpc) is 2.63. The van der Waals surface area contributed by atoms with Crippen LogP contribution in [0.2, 0.25) is 0 Å². The van der Waals surface area contributed by atoms with Crippen LogP contribution in [0, 0.1) is 6.92 Å². The van der Waals surface area contributed by atoms with Crippen molar-refractivity contribution in [3.8, 4) is 0 Å². The Morgan fingerprint density at radius 3 is 2.60 bits per heavy atom. The van der Waals surface area contributed by atoms with E-state index in [1.54, 1.807) is 0 Å². The van der Waals surface area contributed by atoms with Crippen molar-refractivity contribution >= 4 is 28.7 Å². The maximum Gasteiger partial charge on any atom is 0.241 e. The number of imidazole rings is 1. The molecule has 2 heterocycles. The predicted molar refractivity (Wildman–Crippen MR) is 80.8 cm³/mol. The van der Waals surface area contributed by atoms with Gasteiger partial charge in [0.2, 0.25) is 17.7 Å². The van der Waals surface area contributed by atoms with Crippen LogP contribution < -0.4 is 11.1 Å². The van der Waals surface area contributed by atoms with Gasteiger partial charge in [-0.15, -0.1) is 0 Å². The second kappa shape index (κ2) is 4.06. The first-order valence-electron chi connectivity index (χ1n) is 6.54. The molecule has 0 aliphatic carbocycles. The highest BCUT2D eigenvalue weighted by molar-refractivity contribution is 5.81. The van der Waals surface area contributed by atoms with Crippen LogP contribution in [-0.4, -0.2) is 24.9 Å². The third-order valence-corrected chi connectivity index (χ3v) is 2.93. The Labute approximate surface area is 117 Å². The molecule has 6 nitrogen and oxygen atoms in total. The lowest BCUT2D eigenvalue weighted by molar-refractivity contribution is 0.624. The van der Waals surface area contributed by atoms with E-state index in [1.807, 2.05) is 23.5 Å². The Kier molecular flexibility index (Phi) is 2.57. The first-order valence-corrected chi connectivity index (χ1v) is 6.54. The van der Waals surface area contributed by atoms with E-state index >= 15 is 0 Å². The minimum Gasteiger partial charge on any atom is -0.368 e. The van der Waals surface area contributed by atoms with Crippen LogP contribution >= 0.6 is 0 Å². The summed E-state index contributed by atoms with van der Waals surface area (Å²) in [5.41, 5.74) is 8.67. The van der Waals surface area contributed by atoms with Gasteiger partial charge in [-0.1, -0.05) is 6.07 Å². The van der Waals surface area contributed by atoms with E-state index in [2.05, 4.69) is 47.1 Å². The fourth-order valence-electron chi connectivity index (χ4n) is 2.16. The Hall–Kier alpha value is -2.37. The Bertz CT molecular complexity index is 797. The van der Waals surface area contributed by atoms with Crippen molar-refractivity contribution in [2.45, 2.75) is 33.2 Å². The number of aryl methyl sites for hydroxylation is 1. The Morgan fingerprint density at radius 1 is 1.15 bits per heavy atom. The zero-order valence-electron chi connectivity index (χ0n) is 12.1. The van der Waals surface area contributed by atoms with Crippen molar-refractivity contribution in [2.24, 2.45) is 0 Å². The normalized spacial score (nSPS) is 12.2. The molecule has 3 aromatic rings. The second-order valence-corrected chi connectivity index (χ2v) is 6.02. The summed E-state index contributed by atoms with van der Waals surface area (Å²) < 4.78 is 1.91. The van der Waals surface area contributed by atoms with Gasteiger partial charge in [0.15, 0.2) is 0 Å². The van der Waals surface area contributed by atoms with Crippen LogP contribution in [0.4, 0.5) is 11.9 Å². The fraction of sp³-hybridized carbons (Fsp3) is 0.357. The SMILES string of the molecule is Cc1ccc2nc3nc(N)nc(NC(C)(C)C)n3c2c1. The molecule has 0 saturated heterocycles. The van der Waals surface area contributed by atoms with Gasteiger partial charge in [0, 0.05) is 5.54 Å². The zero-order valence-corrected chi connectivity index (χ0v) is 12.1. The molecule has 0 radical (unpaired) electrons. The Balaban J connectivity index is 2.37. The van der Waals surface area contributed by atoms with Crippen LogP contribution in [0.1, 0.15) is 26.3 Å². The number of rotatable bonds is 1. The van der Waals surface area contributed by atoms with E-state index < -0.39 is 0 Å². The average molecular weight is 270 g/mol. The van der Waals surface area contributed by atoms with Crippen molar-refractivity contribution in [2.75, 3.05) is 11.1 Å². The standard InChI is InChI=1S/C14H18N6/c1-8-5-6-9-10(7-8)20-12(16-9)17-11(15)18-13(20)19-14(2,3)4/h5-7H,1-4H3,(H3,15,16,17,18,19). The molecule has 2 aromatic heterocycles. The number of hydrogen-bond donors (Lipinski definition) is 2. The molecule has 0 atom stereocenters. The molecular weight excluding hydrogens is 252 g/mol. The number of nitrogens with zero attached hydrogens (tertiary/aromatic N) is 4. The van der Waals surface area contributed by atoms with E-state index in [4.69, 9.17) is 5.73 Å². The van der Waals surface area contributed by atoms with E-state index in [1.165, 1.54) is 0 Å². The summed E-state index contributed by atoms with van der Waals surface area (Å²) in [6, 6.07) is 6.08. The lowest BCUT2D eigenvalue weighted by Crippen LogP contribution is -2.28. The van der Waals surface area contributed by atoms with Gasteiger partial charge >= 0.3 is 0 Å². The number of benzene rings is 1. The van der Waals surface area contributed by atoms with E-state index in [0.29, 0.717) is 11.7 Å². The predicted octanol–water partition coefficient (Wildman–Crippen LogP) is 2.38. The zero-order chi connectivity index (χ0) is 14.5. The molecule has 1 aromatic carbocycles. The van der Waals surface area contributed by atoms with Gasteiger partial charge in [-0.25, -0.2) is 9.38 Å². The van der Waals surface area contributed by atoms with Crippen LogP contribution in [0.25, 0.3) is 16.8 Å². The monoisotopic (exact) mass is 270 g/mol. The van der Waals surface area contributed by atoms with Gasteiger partial charge in [0.25, 0.3) is 0 Å². The van der Waals surface area contributed by atoms with Gasteiger partial charge in [0.05, 0.1) is 11.0 Å². The van der Waals surface area contributed by atoms with Crippen molar-refractivity contribution in [1.29, 1.82) is 0 Å². The quantitative estimate of drug-likeness (QED) is 0.709. The third-order valence-electron chi connectivity index (χ3n) is 2.93. The van der Waals surface area contributed by atoms with Crippen molar-refractivity contribution < 1.29 is 0 Å². The topological polar surface area (TPSA) is 81.1 Å². The molecule has 0 saturated carbocycles. The molecule has 3 rings (SSSR count). The number of aromatic nitrogens is 4. The summed E-state index contributed by atoms with van der Waals surface area (Å²) in [4.78, 5) is 13.0. The highest BCUT2D eigenvalue weighted by Gasteiger charge is 2.17. The number of hydrogen-bond acceptors (Lipinski definition) is 5. The number of anilines is 2. The van der Waals surface area contributed by atoms with Crippen LogP contribution in [-0.2, 0) is 0 Å². The highest BCUT2D eigenvalue weighted by atomic mass is 15.3. The largest absolute Gasteiger partial charge is 0.368 e. The number of nitrogens with two attached hydrogens (primary N) is 1. The summed E-state index contributed by atoms with van der Waals surface area (Å²) in [5.74, 6) is 1.44. The molecule has 0 unspecified atom stereocenters. The molecule has 0 amide bonds. The second-order valence-electron chi connectivity index (χ2n) is 6.02. The lowest BCUT2D eigenvalue weighted by Gasteiger charge is -2.21. The molecule has 3 N–H and O–H groups in total. The molecule has 6 heteroatoms. The lowest BCUT2D eigenvalue weighted by atomic mass is 10.1. The van der Waals surface area contributed by atoms with Gasteiger partial charge in [-0.05, 0) is 45.4 Å². The minimum absolute atomic E-state index is 0.131. The minimum atomic E-state index is -0.131. The van der Waals surface area contributed by atoms with Crippen LogP contribution in [0.5, 0.6) is 0 Å². The molecule has 20 heavy (non-hydrogen) atoms. The number of nitrogens with one attached hydrogen (secondary N) is 1. The first-order chi connectivity index (χ1) is 9.33. The Morgan fingerprint density at radius 2 is 1.90 bits per heavy atom. The van der Waals surface area contributed by atoms with E-state index in [9.17, 15) is 0 Å². The van der Waals surface area contributed by atoms with Crippen LogP contribution in [0.15, 0.2) is 18.2 Å². The summed E-state index contributed by atoms with van der Waals surface area (Å²) in [6.45, 7) is 8.26. The summed E-state index contributed by atoms with van der Waals surface area (Å²) in [6.07, 6.45) is 0. The molecular formula is C14H18N6.